The first-order chi connectivity index (χ1) is 19.0. The van der Waals surface area contributed by atoms with Gasteiger partial charge >= 0.3 is 0 Å². The van der Waals surface area contributed by atoms with Crippen molar-refractivity contribution in [1.29, 1.82) is 0 Å². The Morgan fingerprint density at radius 3 is 1.82 bits per heavy atom. The summed E-state index contributed by atoms with van der Waals surface area (Å²) in [6.07, 6.45) is 6.85. The van der Waals surface area contributed by atoms with E-state index in [0.717, 1.165) is 50.9 Å². The Kier molecular flexibility index (Phi) is 7.39. The van der Waals surface area contributed by atoms with Crippen molar-refractivity contribution < 1.29 is 4.79 Å². The molecule has 0 saturated carbocycles. The normalized spacial score (nSPS) is 10.6. The molecule has 188 valence electrons. The van der Waals surface area contributed by atoms with E-state index in [1.165, 1.54) is 11.1 Å². The van der Waals surface area contributed by atoms with Gasteiger partial charge in [-0.05, 0) is 76.4 Å². The lowest BCUT2D eigenvalue weighted by Crippen LogP contribution is -2.08. The predicted octanol–water partition coefficient (Wildman–Crippen LogP) is 8.84. The number of rotatable bonds is 7. The quantitative estimate of drug-likeness (QED) is 0.160. The average molecular weight is 503 g/mol. The number of hydrogen-bond donors (Lipinski definition) is 0. The lowest BCUT2D eigenvalue weighted by molar-refractivity contribution is 0.103. The minimum Gasteiger partial charge on any atom is -0.289 e. The molecule has 0 aliphatic rings. The zero-order valence-electron chi connectivity index (χ0n) is 22.4. The zero-order chi connectivity index (χ0) is 27.4. The molecule has 0 amide bonds. The molecular weight excluding hydrogens is 472 g/mol. The van der Waals surface area contributed by atoms with E-state index in [1.807, 2.05) is 68.4 Å². The van der Waals surface area contributed by atoms with Crippen LogP contribution in [0.15, 0.2) is 122 Å². The highest BCUT2D eigenvalue weighted by Gasteiger charge is 2.20. The van der Waals surface area contributed by atoms with Gasteiger partial charge in [0, 0.05) is 16.7 Å². The highest BCUT2D eigenvalue weighted by Crippen LogP contribution is 2.32. The zero-order valence-corrected chi connectivity index (χ0v) is 22.4. The summed E-state index contributed by atoms with van der Waals surface area (Å²) in [5, 5.41) is 0. The maximum absolute atomic E-state index is 13.7. The van der Waals surface area contributed by atoms with Gasteiger partial charge in [-0.3, -0.25) is 4.79 Å². The Hall–Kier alpha value is -4.93. The van der Waals surface area contributed by atoms with E-state index in [4.69, 9.17) is 6.42 Å². The van der Waals surface area contributed by atoms with Crippen molar-refractivity contribution in [2.45, 2.75) is 20.3 Å². The van der Waals surface area contributed by atoms with Crippen LogP contribution in [0.1, 0.15) is 54.9 Å². The topological polar surface area (TPSA) is 17.1 Å². The van der Waals surface area contributed by atoms with Gasteiger partial charge in [0.1, 0.15) is 0 Å². The molecular formula is C38H30O. The number of hydrogen-bond acceptors (Lipinski definition) is 1. The number of ketones is 1. The molecule has 0 aliphatic heterocycles. The molecule has 0 fully saturated rings. The smallest absolute Gasteiger partial charge is 0.193 e. The first-order valence-corrected chi connectivity index (χ1v) is 13.1. The SMILES string of the molecule is C#Cc1c(C(=C)c2ccc(Cc3ccccc3)cc2)cc(C(=O)c2ccc(-c3ccccc3)cc2)c(C)c1C. The molecule has 0 spiro atoms. The molecule has 0 atom stereocenters. The fourth-order valence-electron chi connectivity index (χ4n) is 4.99. The van der Waals surface area contributed by atoms with Crippen molar-refractivity contribution in [2.75, 3.05) is 0 Å². The van der Waals surface area contributed by atoms with E-state index in [2.05, 4.69) is 73.2 Å². The molecule has 0 bridgehead atoms. The number of terminal acetylenes is 1. The summed E-state index contributed by atoms with van der Waals surface area (Å²) >= 11 is 0. The second-order valence-corrected chi connectivity index (χ2v) is 9.85. The van der Waals surface area contributed by atoms with E-state index in [-0.39, 0.29) is 5.78 Å². The molecule has 0 aromatic heterocycles. The Morgan fingerprint density at radius 2 is 1.21 bits per heavy atom. The van der Waals surface area contributed by atoms with Crippen LogP contribution in [0.4, 0.5) is 0 Å². The summed E-state index contributed by atoms with van der Waals surface area (Å²) in [6.45, 7) is 8.35. The third kappa shape index (κ3) is 5.37. The first-order valence-electron chi connectivity index (χ1n) is 13.1. The van der Waals surface area contributed by atoms with Crippen LogP contribution >= 0.6 is 0 Å². The van der Waals surface area contributed by atoms with Gasteiger partial charge in [0.05, 0.1) is 0 Å². The average Bonchev–Trinajstić information content (AvgIpc) is 2.99. The van der Waals surface area contributed by atoms with Gasteiger partial charge in [-0.1, -0.05) is 122 Å². The van der Waals surface area contributed by atoms with Gasteiger partial charge in [0.2, 0.25) is 0 Å². The third-order valence-electron chi connectivity index (χ3n) is 7.42. The van der Waals surface area contributed by atoms with Gasteiger partial charge in [-0.25, -0.2) is 0 Å². The molecule has 39 heavy (non-hydrogen) atoms. The van der Waals surface area contributed by atoms with Crippen LogP contribution in [0.2, 0.25) is 0 Å². The van der Waals surface area contributed by atoms with Crippen molar-refractivity contribution in [2.24, 2.45) is 0 Å². The lowest BCUT2D eigenvalue weighted by Gasteiger charge is -2.17. The standard InChI is InChI=1S/C38H30O/c1-5-35-26(2)27(3)37(38(39)34-22-20-33(21-23-34)32-14-10-7-11-15-32)25-36(35)28(4)31-18-16-30(17-19-31)24-29-12-8-6-9-13-29/h1,6-23,25H,4,24H2,2-3H3. The summed E-state index contributed by atoms with van der Waals surface area (Å²) in [7, 11) is 0. The van der Waals surface area contributed by atoms with Crippen molar-refractivity contribution in [1.82, 2.24) is 0 Å². The molecule has 1 nitrogen and oxygen atoms in total. The lowest BCUT2D eigenvalue weighted by atomic mass is 9.85. The maximum Gasteiger partial charge on any atom is 0.193 e. The van der Waals surface area contributed by atoms with Crippen molar-refractivity contribution >= 4 is 11.4 Å². The molecule has 0 N–H and O–H groups in total. The molecule has 5 aromatic rings. The third-order valence-corrected chi connectivity index (χ3v) is 7.42. The minimum absolute atomic E-state index is 0.0222. The van der Waals surface area contributed by atoms with Gasteiger partial charge in [-0.2, -0.15) is 0 Å². The fraction of sp³-hybridized carbons (Fsp3) is 0.0789. The number of benzene rings is 5. The van der Waals surface area contributed by atoms with Crippen LogP contribution in [0.5, 0.6) is 0 Å². The summed E-state index contributed by atoms with van der Waals surface area (Å²) in [6, 6.07) is 38.7. The van der Waals surface area contributed by atoms with Crippen LogP contribution < -0.4 is 0 Å². The Labute approximate surface area is 231 Å². The van der Waals surface area contributed by atoms with E-state index < -0.39 is 0 Å². The Balaban J connectivity index is 1.46. The van der Waals surface area contributed by atoms with Gasteiger partial charge in [-0.15, -0.1) is 6.42 Å². The van der Waals surface area contributed by atoms with Gasteiger partial charge in [0.15, 0.2) is 5.78 Å². The molecule has 5 aromatic carbocycles. The second-order valence-electron chi connectivity index (χ2n) is 9.85. The van der Waals surface area contributed by atoms with Crippen molar-refractivity contribution in [3.05, 3.63) is 172 Å². The number of carbonyl (C=O) groups is 1. The molecule has 5 rings (SSSR count). The monoisotopic (exact) mass is 502 g/mol. The fourth-order valence-corrected chi connectivity index (χ4v) is 4.99. The predicted molar refractivity (Wildman–Crippen MR) is 163 cm³/mol. The summed E-state index contributed by atoms with van der Waals surface area (Å²) in [5.41, 5.74) is 11.2. The van der Waals surface area contributed by atoms with Crippen LogP contribution in [0, 0.1) is 26.2 Å². The second kappa shape index (κ2) is 11.2. The Bertz CT molecular complexity index is 1680. The van der Waals surface area contributed by atoms with Crippen LogP contribution in [-0.4, -0.2) is 5.78 Å². The summed E-state index contributed by atoms with van der Waals surface area (Å²) in [4.78, 5) is 13.7. The first kappa shape index (κ1) is 25.7. The molecule has 0 aliphatic carbocycles. The summed E-state index contributed by atoms with van der Waals surface area (Å²) < 4.78 is 0. The van der Waals surface area contributed by atoms with Crippen molar-refractivity contribution in [3.63, 3.8) is 0 Å². The molecule has 1 heteroatoms. The highest BCUT2D eigenvalue weighted by molar-refractivity contribution is 6.11. The highest BCUT2D eigenvalue weighted by atomic mass is 16.1. The van der Waals surface area contributed by atoms with Crippen molar-refractivity contribution in [3.8, 4) is 23.5 Å². The maximum atomic E-state index is 13.7. The van der Waals surface area contributed by atoms with E-state index >= 15 is 0 Å². The molecule has 0 radical (unpaired) electrons. The molecule has 0 unspecified atom stereocenters. The van der Waals surface area contributed by atoms with Crippen LogP contribution in [0.25, 0.3) is 16.7 Å². The van der Waals surface area contributed by atoms with Crippen LogP contribution in [-0.2, 0) is 6.42 Å². The van der Waals surface area contributed by atoms with E-state index in [9.17, 15) is 4.79 Å². The van der Waals surface area contributed by atoms with Crippen LogP contribution in [0.3, 0.4) is 0 Å². The number of carbonyl (C=O) groups excluding carboxylic acids is 1. The van der Waals surface area contributed by atoms with E-state index in [0.29, 0.717) is 11.1 Å². The van der Waals surface area contributed by atoms with Gasteiger partial charge in [0.25, 0.3) is 0 Å². The van der Waals surface area contributed by atoms with Gasteiger partial charge < -0.3 is 0 Å². The Morgan fingerprint density at radius 1 is 0.667 bits per heavy atom. The minimum atomic E-state index is -0.0222. The molecule has 0 heterocycles. The van der Waals surface area contributed by atoms with E-state index in [1.54, 1.807) is 0 Å². The molecule has 0 saturated heterocycles. The summed E-state index contributed by atoms with van der Waals surface area (Å²) in [5.74, 6) is 2.84. The largest absolute Gasteiger partial charge is 0.289 e.